The molecule has 28 heavy (non-hydrogen) atoms. The summed E-state index contributed by atoms with van der Waals surface area (Å²) in [7, 11) is 1.22. The van der Waals surface area contributed by atoms with Gasteiger partial charge in [0.15, 0.2) is 0 Å². The lowest BCUT2D eigenvalue weighted by atomic mass is 10.1. The van der Waals surface area contributed by atoms with Crippen molar-refractivity contribution in [2.45, 2.75) is 27.2 Å². The predicted octanol–water partition coefficient (Wildman–Crippen LogP) is 3.87. The van der Waals surface area contributed by atoms with Crippen LogP contribution in [0.2, 0.25) is 0 Å². The summed E-state index contributed by atoms with van der Waals surface area (Å²) in [6.45, 7) is 5.72. The molecule has 0 unspecified atom stereocenters. The second kappa shape index (κ2) is 8.06. The van der Waals surface area contributed by atoms with Crippen LogP contribution in [0.1, 0.15) is 29.4 Å². The average molecular weight is 398 g/mol. The first kappa shape index (κ1) is 19.9. The molecule has 1 aromatic heterocycles. The van der Waals surface area contributed by atoms with Crippen molar-refractivity contribution >= 4 is 35.0 Å². The number of hydrogen-bond donors (Lipinski definition) is 0. The summed E-state index contributed by atoms with van der Waals surface area (Å²) < 4.78 is 6.66. The molecule has 6 nitrogen and oxygen atoms in total. The number of benzene rings is 1. The van der Waals surface area contributed by atoms with Gasteiger partial charge in [0.25, 0.3) is 11.1 Å². The third kappa shape index (κ3) is 3.75. The Morgan fingerprint density at radius 3 is 2.46 bits per heavy atom. The van der Waals surface area contributed by atoms with E-state index in [0.29, 0.717) is 4.91 Å². The molecular formula is C21H22N2O4S. The van der Waals surface area contributed by atoms with Gasteiger partial charge in [0, 0.05) is 17.1 Å². The summed E-state index contributed by atoms with van der Waals surface area (Å²) >= 11 is 0.835. The van der Waals surface area contributed by atoms with Gasteiger partial charge in [0.1, 0.15) is 6.54 Å². The molecule has 2 heterocycles. The first-order chi connectivity index (χ1) is 13.3. The van der Waals surface area contributed by atoms with Crippen molar-refractivity contribution in [2.75, 3.05) is 13.7 Å². The maximum atomic E-state index is 12.5. The van der Waals surface area contributed by atoms with E-state index in [2.05, 4.69) is 40.5 Å². The Hall–Kier alpha value is -2.80. The van der Waals surface area contributed by atoms with Gasteiger partial charge in [-0.15, -0.1) is 0 Å². The van der Waals surface area contributed by atoms with Crippen LogP contribution in [0.5, 0.6) is 0 Å². The van der Waals surface area contributed by atoms with Crippen LogP contribution in [0.25, 0.3) is 11.8 Å². The van der Waals surface area contributed by atoms with Gasteiger partial charge in [-0.2, -0.15) is 0 Å². The van der Waals surface area contributed by atoms with Gasteiger partial charge in [-0.1, -0.05) is 19.1 Å². The maximum absolute atomic E-state index is 12.5. The molecule has 0 atom stereocenters. The van der Waals surface area contributed by atoms with Crippen LogP contribution in [-0.2, 0) is 20.7 Å². The van der Waals surface area contributed by atoms with E-state index in [0.717, 1.165) is 45.7 Å². The molecule has 0 spiro atoms. The number of nitrogens with zero attached hydrogens (tertiary/aromatic N) is 2. The van der Waals surface area contributed by atoms with Crippen LogP contribution in [-0.4, -0.2) is 40.2 Å². The third-order valence-corrected chi connectivity index (χ3v) is 5.66. The Balaban J connectivity index is 1.92. The summed E-state index contributed by atoms with van der Waals surface area (Å²) in [5.41, 5.74) is 5.18. The van der Waals surface area contributed by atoms with Gasteiger partial charge in [-0.05, 0) is 67.4 Å². The molecule has 3 rings (SSSR count). The molecular weight excluding hydrogens is 376 g/mol. The molecule has 0 N–H and O–H groups in total. The highest BCUT2D eigenvalue weighted by atomic mass is 32.2. The fourth-order valence-electron chi connectivity index (χ4n) is 3.18. The Morgan fingerprint density at radius 2 is 1.86 bits per heavy atom. The fraction of sp³-hybridized carbons (Fsp3) is 0.286. The van der Waals surface area contributed by atoms with Gasteiger partial charge in [0.2, 0.25) is 0 Å². The summed E-state index contributed by atoms with van der Waals surface area (Å²) in [6.07, 6.45) is 2.69. The van der Waals surface area contributed by atoms with Crippen molar-refractivity contribution in [3.8, 4) is 5.69 Å². The highest BCUT2D eigenvalue weighted by Crippen LogP contribution is 2.33. The minimum Gasteiger partial charge on any atom is -0.468 e. The average Bonchev–Trinajstić information content (AvgIpc) is 3.11. The van der Waals surface area contributed by atoms with Crippen LogP contribution >= 0.6 is 11.8 Å². The van der Waals surface area contributed by atoms with Gasteiger partial charge in [0.05, 0.1) is 12.0 Å². The second-order valence-electron chi connectivity index (χ2n) is 6.53. The predicted molar refractivity (Wildman–Crippen MR) is 109 cm³/mol. The number of rotatable bonds is 5. The molecule has 1 aliphatic heterocycles. The lowest BCUT2D eigenvalue weighted by molar-refractivity contribution is -0.143. The number of amides is 2. The molecule has 7 heteroatoms. The van der Waals surface area contributed by atoms with Crippen molar-refractivity contribution < 1.29 is 19.1 Å². The van der Waals surface area contributed by atoms with E-state index >= 15 is 0 Å². The van der Waals surface area contributed by atoms with Crippen molar-refractivity contribution in [1.82, 2.24) is 9.47 Å². The number of aryl methyl sites for hydroxylation is 2. The highest BCUT2D eigenvalue weighted by Gasteiger charge is 2.36. The number of esters is 1. The molecule has 2 aromatic rings. The van der Waals surface area contributed by atoms with Crippen LogP contribution in [0.15, 0.2) is 35.2 Å². The second-order valence-corrected chi connectivity index (χ2v) is 7.52. The zero-order valence-corrected chi connectivity index (χ0v) is 17.1. The Labute approximate surface area is 168 Å². The normalized spacial score (nSPS) is 15.6. The van der Waals surface area contributed by atoms with Crippen LogP contribution in [0.3, 0.4) is 0 Å². The Kier molecular flexibility index (Phi) is 5.74. The molecule has 1 aliphatic rings. The first-order valence-electron chi connectivity index (χ1n) is 8.96. The van der Waals surface area contributed by atoms with Gasteiger partial charge in [-0.3, -0.25) is 19.3 Å². The number of imide groups is 1. The third-order valence-electron chi connectivity index (χ3n) is 4.75. The largest absolute Gasteiger partial charge is 0.468 e. The number of carbonyl (C=O) groups is 3. The summed E-state index contributed by atoms with van der Waals surface area (Å²) in [5, 5.41) is -0.467. The number of ether oxygens (including phenoxy) is 1. The minimum absolute atomic E-state index is 0.301. The molecule has 146 valence electrons. The van der Waals surface area contributed by atoms with E-state index in [1.807, 2.05) is 19.9 Å². The molecule has 1 fully saturated rings. The standard InChI is InChI=1S/C21H22N2O4S/c1-5-15-6-8-17(9-7-15)23-13(2)10-16(14(23)3)11-18-20(25)22(21(26)28-18)12-19(24)27-4/h6-11H,5,12H2,1-4H3/b18-11-. The number of methoxy groups -OCH3 is 1. The number of aromatic nitrogens is 1. The minimum atomic E-state index is -0.628. The van der Waals surface area contributed by atoms with E-state index in [4.69, 9.17) is 0 Å². The Morgan fingerprint density at radius 1 is 1.18 bits per heavy atom. The SMILES string of the molecule is CCc1ccc(-n2c(C)cc(/C=C3\SC(=O)N(CC(=O)OC)C3=O)c2C)cc1. The van der Waals surface area contributed by atoms with Gasteiger partial charge in [-0.25, -0.2) is 0 Å². The summed E-state index contributed by atoms with van der Waals surface area (Å²) in [5.74, 6) is -1.10. The topological polar surface area (TPSA) is 68.6 Å². The van der Waals surface area contributed by atoms with E-state index in [-0.39, 0.29) is 6.54 Å². The molecule has 1 aromatic carbocycles. The number of hydrogen-bond acceptors (Lipinski definition) is 5. The van der Waals surface area contributed by atoms with Gasteiger partial charge < -0.3 is 9.30 Å². The van der Waals surface area contributed by atoms with E-state index in [1.54, 1.807) is 6.08 Å². The molecule has 0 aliphatic carbocycles. The van der Waals surface area contributed by atoms with Crippen LogP contribution in [0.4, 0.5) is 4.79 Å². The molecule has 1 saturated heterocycles. The molecule has 0 bridgehead atoms. The smallest absolute Gasteiger partial charge is 0.325 e. The number of carbonyl (C=O) groups excluding carboxylic acids is 3. The highest BCUT2D eigenvalue weighted by molar-refractivity contribution is 8.18. The quantitative estimate of drug-likeness (QED) is 0.565. The zero-order valence-electron chi connectivity index (χ0n) is 16.3. The fourth-order valence-corrected chi connectivity index (χ4v) is 4.01. The van der Waals surface area contributed by atoms with Crippen LogP contribution in [0, 0.1) is 13.8 Å². The van der Waals surface area contributed by atoms with Crippen molar-refractivity contribution in [3.63, 3.8) is 0 Å². The first-order valence-corrected chi connectivity index (χ1v) is 9.77. The molecule has 0 saturated carbocycles. The van der Waals surface area contributed by atoms with Crippen molar-refractivity contribution in [3.05, 3.63) is 57.8 Å². The van der Waals surface area contributed by atoms with Crippen molar-refractivity contribution in [1.29, 1.82) is 0 Å². The summed E-state index contributed by atoms with van der Waals surface area (Å²) in [6, 6.07) is 10.3. The molecule has 0 radical (unpaired) electrons. The van der Waals surface area contributed by atoms with E-state index in [9.17, 15) is 14.4 Å². The lowest BCUT2D eigenvalue weighted by Crippen LogP contribution is -2.34. The van der Waals surface area contributed by atoms with E-state index in [1.165, 1.54) is 12.7 Å². The zero-order chi connectivity index (χ0) is 20.4. The molecule has 2 amide bonds. The monoisotopic (exact) mass is 398 g/mol. The van der Waals surface area contributed by atoms with Gasteiger partial charge >= 0.3 is 5.97 Å². The summed E-state index contributed by atoms with van der Waals surface area (Å²) in [4.78, 5) is 37.2. The maximum Gasteiger partial charge on any atom is 0.325 e. The number of thioether (sulfide) groups is 1. The van der Waals surface area contributed by atoms with Crippen LogP contribution < -0.4 is 0 Å². The Bertz CT molecular complexity index is 973. The van der Waals surface area contributed by atoms with Crippen molar-refractivity contribution in [2.24, 2.45) is 0 Å². The lowest BCUT2D eigenvalue weighted by Gasteiger charge is -2.10. The van der Waals surface area contributed by atoms with E-state index < -0.39 is 17.1 Å².